The molecule has 0 unspecified atom stereocenters. The maximum absolute atomic E-state index is 12.2. The van der Waals surface area contributed by atoms with Gasteiger partial charge in [-0.25, -0.2) is 4.79 Å². The summed E-state index contributed by atoms with van der Waals surface area (Å²) in [5.41, 5.74) is 4.29. The molecule has 0 saturated carbocycles. The highest BCUT2D eigenvalue weighted by Crippen LogP contribution is 2.17. The third-order valence-electron chi connectivity index (χ3n) is 4.41. The average molecular weight is 351 g/mol. The largest absolute Gasteiger partial charge is 0.451 e. The molecule has 3 rings (SSSR count). The van der Waals surface area contributed by atoms with E-state index in [1.165, 1.54) is 11.1 Å². The van der Waals surface area contributed by atoms with Crippen molar-refractivity contribution in [3.05, 3.63) is 64.8 Å². The van der Waals surface area contributed by atoms with Gasteiger partial charge in [-0.1, -0.05) is 36.4 Å². The van der Waals surface area contributed by atoms with Crippen LogP contribution in [-0.4, -0.2) is 28.7 Å². The van der Waals surface area contributed by atoms with E-state index in [0.717, 1.165) is 11.1 Å². The van der Waals surface area contributed by atoms with Gasteiger partial charge in [-0.3, -0.25) is 9.89 Å². The lowest BCUT2D eigenvalue weighted by Gasteiger charge is -2.15. The van der Waals surface area contributed by atoms with E-state index < -0.39 is 5.97 Å². The lowest BCUT2D eigenvalue weighted by molar-refractivity contribution is -0.124. The lowest BCUT2D eigenvalue weighted by Crippen LogP contribution is -2.31. The normalized spacial score (nSPS) is 12.0. The zero-order chi connectivity index (χ0) is 18.7. The number of esters is 1. The van der Waals surface area contributed by atoms with Crippen molar-refractivity contribution < 1.29 is 14.3 Å². The van der Waals surface area contributed by atoms with Crippen molar-refractivity contribution in [3.8, 4) is 0 Å². The minimum Gasteiger partial charge on any atom is -0.451 e. The van der Waals surface area contributed by atoms with Gasteiger partial charge in [0.05, 0.1) is 11.6 Å². The molecule has 0 aliphatic carbocycles. The summed E-state index contributed by atoms with van der Waals surface area (Å²) in [4.78, 5) is 24.3. The third kappa shape index (κ3) is 3.74. The van der Waals surface area contributed by atoms with E-state index in [1.54, 1.807) is 6.07 Å². The lowest BCUT2D eigenvalue weighted by atomic mass is 10.0. The number of rotatable bonds is 5. The number of carbonyl (C=O) groups is 2. The molecule has 1 atom stereocenters. The Morgan fingerprint density at radius 3 is 2.69 bits per heavy atom. The molecule has 0 fully saturated rings. The zero-order valence-corrected chi connectivity index (χ0v) is 15.0. The Morgan fingerprint density at radius 2 is 1.92 bits per heavy atom. The van der Waals surface area contributed by atoms with Gasteiger partial charge in [-0.05, 0) is 43.5 Å². The summed E-state index contributed by atoms with van der Waals surface area (Å²) in [5.74, 6) is -0.986. The number of para-hydroxylation sites is 1. The van der Waals surface area contributed by atoms with Crippen molar-refractivity contribution in [1.29, 1.82) is 0 Å². The molecule has 0 bridgehead atoms. The van der Waals surface area contributed by atoms with Crippen molar-refractivity contribution in [3.63, 3.8) is 0 Å². The van der Waals surface area contributed by atoms with Crippen LogP contribution in [0.2, 0.25) is 0 Å². The third-order valence-corrected chi connectivity index (χ3v) is 4.41. The fourth-order valence-corrected chi connectivity index (χ4v) is 2.72. The molecule has 0 saturated heterocycles. The molecule has 26 heavy (non-hydrogen) atoms. The van der Waals surface area contributed by atoms with Crippen LogP contribution in [0.3, 0.4) is 0 Å². The monoisotopic (exact) mass is 351 g/mol. The van der Waals surface area contributed by atoms with Gasteiger partial charge in [0.1, 0.15) is 0 Å². The van der Waals surface area contributed by atoms with E-state index >= 15 is 0 Å². The number of benzene rings is 2. The summed E-state index contributed by atoms with van der Waals surface area (Å²) in [6.07, 6.45) is 0. The van der Waals surface area contributed by atoms with Crippen molar-refractivity contribution >= 4 is 22.8 Å². The van der Waals surface area contributed by atoms with Gasteiger partial charge in [0.15, 0.2) is 12.3 Å². The van der Waals surface area contributed by atoms with Crippen LogP contribution in [0.4, 0.5) is 0 Å². The highest BCUT2D eigenvalue weighted by Gasteiger charge is 2.17. The predicted octanol–water partition coefficient (Wildman–Crippen LogP) is 3.21. The van der Waals surface area contributed by atoms with Gasteiger partial charge < -0.3 is 10.1 Å². The van der Waals surface area contributed by atoms with Gasteiger partial charge in [-0.15, -0.1) is 0 Å². The van der Waals surface area contributed by atoms with Crippen molar-refractivity contribution in [2.24, 2.45) is 0 Å². The second-order valence-corrected chi connectivity index (χ2v) is 6.33. The van der Waals surface area contributed by atoms with Gasteiger partial charge in [0, 0.05) is 5.39 Å². The fourth-order valence-electron chi connectivity index (χ4n) is 2.72. The molecule has 3 aromatic rings. The summed E-state index contributed by atoms with van der Waals surface area (Å²) in [6, 6.07) is 13.1. The first-order valence-corrected chi connectivity index (χ1v) is 8.42. The minimum atomic E-state index is -0.628. The van der Waals surface area contributed by atoms with Crippen LogP contribution in [0, 0.1) is 13.8 Å². The highest BCUT2D eigenvalue weighted by atomic mass is 16.5. The average Bonchev–Trinajstić information content (AvgIpc) is 3.06. The maximum Gasteiger partial charge on any atom is 0.359 e. The first-order valence-electron chi connectivity index (χ1n) is 8.42. The second-order valence-electron chi connectivity index (χ2n) is 6.33. The number of ether oxygens (including phenoxy) is 1. The number of carbonyl (C=O) groups excluding carboxylic acids is 2. The summed E-state index contributed by atoms with van der Waals surface area (Å²) in [5, 5.41) is 10.2. The first kappa shape index (κ1) is 17.7. The number of aryl methyl sites for hydroxylation is 2. The SMILES string of the molecule is Cc1ccc([C@H](C)NC(=O)COC(=O)c2n[nH]c3ccccc23)cc1C. The van der Waals surface area contributed by atoms with Gasteiger partial charge in [0.2, 0.25) is 0 Å². The molecule has 2 N–H and O–H groups in total. The molecule has 0 aliphatic rings. The van der Waals surface area contributed by atoms with Crippen LogP contribution in [-0.2, 0) is 9.53 Å². The summed E-state index contributed by atoms with van der Waals surface area (Å²) >= 11 is 0. The standard InChI is InChI=1S/C20H21N3O3/c1-12-8-9-15(10-13(12)2)14(3)21-18(24)11-26-20(25)19-16-6-4-5-7-17(16)22-23-19/h4-10,14H,11H2,1-3H3,(H,21,24)(H,22,23)/t14-/m0/s1. The Balaban J connectivity index is 1.58. The van der Waals surface area contributed by atoms with Crippen LogP contribution in [0.25, 0.3) is 10.9 Å². The van der Waals surface area contributed by atoms with Gasteiger partial charge >= 0.3 is 5.97 Å². The van der Waals surface area contributed by atoms with Crippen LogP contribution < -0.4 is 5.32 Å². The number of hydrogen-bond donors (Lipinski definition) is 2. The van der Waals surface area contributed by atoms with E-state index in [1.807, 2.05) is 57.2 Å². The van der Waals surface area contributed by atoms with Crippen molar-refractivity contribution in [2.45, 2.75) is 26.8 Å². The van der Waals surface area contributed by atoms with E-state index in [2.05, 4.69) is 15.5 Å². The number of aromatic nitrogens is 2. The molecule has 6 nitrogen and oxygen atoms in total. The quantitative estimate of drug-likeness (QED) is 0.691. The number of nitrogens with zero attached hydrogens (tertiary/aromatic N) is 1. The zero-order valence-electron chi connectivity index (χ0n) is 15.0. The Morgan fingerprint density at radius 1 is 1.15 bits per heavy atom. The molecule has 0 aliphatic heterocycles. The number of H-pyrrole nitrogens is 1. The van der Waals surface area contributed by atoms with Crippen LogP contribution in [0.1, 0.15) is 40.1 Å². The molecule has 6 heteroatoms. The summed E-state index contributed by atoms with van der Waals surface area (Å²) < 4.78 is 5.10. The van der Waals surface area contributed by atoms with Gasteiger partial charge in [-0.2, -0.15) is 5.10 Å². The smallest absolute Gasteiger partial charge is 0.359 e. The molecule has 1 amide bonds. The van der Waals surface area contributed by atoms with E-state index in [-0.39, 0.29) is 24.2 Å². The van der Waals surface area contributed by atoms with Crippen LogP contribution >= 0.6 is 0 Å². The fraction of sp³-hybridized carbons (Fsp3) is 0.250. The number of amides is 1. The molecular formula is C20H21N3O3. The molecule has 1 aromatic heterocycles. The van der Waals surface area contributed by atoms with E-state index in [0.29, 0.717) is 5.39 Å². The van der Waals surface area contributed by atoms with E-state index in [9.17, 15) is 9.59 Å². The molecule has 1 heterocycles. The number of fused-ring (bicyclic) bond motifs is 1. The van der Waals surface area contributed by atoms with Crippen LogP contribution in [0.15, 0.2) is 42.5 Å². The van der Waals surface area contributed by atoms with Crippen molar-refractivity contribution in [2.75, 3.05) is 6.61 Å². The molecule has 0 spiro atoms. The molecule has 2 aromatic carbocycles. The Hall–Kier alpha value is -3.15. The van der Waals surface area contributed by atoms with Crippen LogP contribution in [0.5, 0.6) is 0 Å². The molecule has 0 radical (unpaired) electrons. The number of aromatic amines is 1. The van der Waals surface area contributed by atoms with Gasteiger partial charge in [0.25, 0.3) is 5.91 Å². The topological polar surface area (TPSA) is 84.1 Å². The first-order chi connectivity index (χ1) is 12.5. The minimum absolute atomic E-state index is 0.174. The Bertz CT molecular complexity index is 962. The molecule has 134 valence electrons. The highest BCUT2D eigenvalue weighted by molar-refractivity contribution is 6.02. The summed E-state index contributed by atoms with van der Waals surface area (Å²) in [7, 11) is 0. The summed E-state index contributed by atoms with van der Waals surface area (Å²) in [6.45, 7) is 5.62. The predicted molar refractivity (Wildman–Crippen MR) is 98.8 cm³/mol. The maximum atomic E-state index is 12.2. The van der Waals surface area contributed by atoms with E-state index in [4.69, 9.17) is 4.74 Å². The Labute approximate surface area is 151 Å². The second kappa shape index (κ2) is 7.39. The number of hydrogen-bond acceptors (Lipinski definition) is 4. The van der Waals surface area contributed by atoms with Crippen molar-refractivity contribution in [1.82, 2.24) is 15.5 Å². The Kier molecular flexibility index (Phi) is 5.02. The number of nitrogens with one attached hydrogen (secondary N) is 2. The molecular weight excluding hydrogens is 330 g/mol.